The molecule has 8 nitrogen and oxygen atoms in total. The standard InChI is InChI=1S/C20H39NO7Si/c1-18(2,3)28-17(23)21-12(11-24-29(9,10)19(4,5)6)13-14-15(16(22)25-13)27-20(7,8)26-14/h12-16,22H,11H2,1-10H3,(H,21,23)/t12-,13+,14-,15-,16?/m0/s1. The minimum Gasteiger partial charge on any atom is -0.444 e. The van der Waals surface area contributed by atoms with Gasteiger partial charge in [-0.15, -0.1) is 0 Å². The van der Waals surface area contributed by atoms with Crippen molar-refractivity contribution in [1.82, 2.24) is 5.32 Å². The van der Waals surface area contributed by atoms with Gasteiger partial charge in [0.1, 0.15) is 23.9 Å². The first-order chi connectivity index (χ1) is 12.9. The lowest BCUT2D eigenvalue weighted by Crippen LogP contribution is -2.54. The lowest BCUT2D eigenvalue weighted by molar-refractivity contribution is -0.223. The molecule has 0 aliphatic carbocycles. The van der Waals surface area contributed by atoms with Crippen molar-refractivity contribution in [3.63, 3.8) is 0 Å². The number of carbonyl (C=O) groups excluding carboxylic acids is 1. The number of hydrogen-bond acceptors (Lipinski definition) is 7. The quantitative estimate of drug-likeness (QED) is 0.643. The number of amides is 1. The average molecular weight is 434 g/mol. The van der Waals surface area contributed by atoms with Gasteiger partial charge in [-0.3, -0.25) is 0 Å². The lowest BCUT2D eigenvalue weighted by Gasteiger charge is -2.38. The zero-order chi connectivity index (χ0) is 22.4. The Kier molecular flexibility index (Phi) is 6.85. The molecule has 0 aromatic heterocycles. The molecule has 1 unspecified atom stereocenters. The first-order valence-electron chi connectivity index (χ1n) is 10.2. The normalized spacial score (nSPS) is 30.7. The summed E-state index contributed by atoms with van der Waals surface area (Å²) in [6.45, 7) is 19.9. The molecule has 0 radical (unpaired) electrons. The molecule has 0 saturated carbocycles. The summed E-state index contributed by atoms with van der Waals surface area (Å²) in [6, 6.07) is -0.568. The Morgan fingerprint density at radius 1 is 1.14 bits per heavy atom. The Bertz CT molecular complexity index is 597. The van der Waals surface area contributed by atoms with Crippen molar-refractivity contribution in [3.8, 4) is 0 Å². The summed E-state index contributed by atoms with van der Waals surface area (Å²) < 4.78 is 29.3. The fourth-order valence-electron chi connectivity index (χ4n) is 3.12. The lowest BCUT2D eigenvalue weighted by atomic mass is 10.0. The molecule has 0 aromatic rings. The zero-order valence-corrected chi connectivity index (χ0v) is 20.5. The highest BCUT2D eigenvalue weighted by molar-refractivity contribution is 6.74. The maximum absolute atomic E-state index is 12.5. The third-order valence-electron chi connectivity index (χ3n) is 5.59. The predicted molar refractivity (Wildman–Crippen MR) is 111 cm³/mol. The largest absolute Gasteiger partial charge is 0.444 e. The number of aliphatic hydroxyl groups excluding tert-OH is 1. The van der Waals surface area contributed by atoms with Crippen molar-refractivity contribution in [2.75, 3.05) is 6.61 Å². The number of carbonyl (C=O) groups is 1. The number of alkyl carbamates (subject to hydrolysis) is 1. The third-order valence-corrected chi connectivity index (χ3v) is 10.1. The smallest absolute Gasteiger partial charge is 0.408 e. The average Bonchev–Trinajstić information content (AvgIpc) is 2.95. The third kappa shape index (κ3) is 6.14. The highest BCUT2D eigenvalue weighted by Crippen LogP contribution is 2.40. The van der Waals surface area contributed by atoms with E-state index in [1.807, 2.05) is 0 Å². The Balaban J connectivity index is 2.19. The molecule has 9 heteroatoms. The van der Waals surface area contributed by atoms with Crippen molar-refractivity contribution in [2.24, 2.45) is 0 Å². The van der Waals surface area contributed by atoms with Crippen LogP contribution in [0.4, 0.5) is 4.79 Å². The van der Waals surface area contributed by atoms with Gasteiger partial charge >= 0.3 is 6.09 Å². The molecule has 2 rings (SSSR count). The van der Waals surface area contributed by atoms with Gasteiger partial charge in [0, 0.05) is 0 Å². The van der Waals surface area contributed by atoms with E-state index in [1.165, 1.54) is 0 Å². The van der Waals surface area contributed by atoms with Crippen LogP contribution in [0.2, 0.25) is 18.1 Å². The number of fused-ring (bicyclic) bond motifs is 1. The zero-order valence-electron chi connectivity index (χ0n) is 19.5. The first-order valence-corrected chi connectivity index (χ1v) is 13.2. The fraction of sp³-hybridized carbons (Fsp3) is 0.950. The monoisotopic (exact) mass is 433 g/mol. The predicted octanol–water partition coefficient (Wildman–Crippen LogP) is 3.14. The molecule has 2 aliphatic heterocycles. The van der Waals surface area contributed by atoms with E-state index in [0.29, 0.717) is 0 Å². The van der Waals surface area contributed by atoms with Gasteiger partial charge in [0.2, 0.25) is 0 Å². The number of nitrogens with one attached hydrogen (secondary N) is 1. The molecule has 1 amide bonds. The Morgan fingerprint density at radius 3 is 2.21 bits per heavy atom. The van der Waals surface area contributed by atoms with Crippen LogP contribution in [-0.4, -0.2) is 68.2 Å². The van der Waals surface area contributed by atoms with E-state index in [9.17, 15) is 9.90 Å². The maximum atomic E-state index is 12.5. The summed E-state index contributed by atoms with van der Waals surface area (Å²) in [5, 5.41) is 13.2. The van der Waals surface area contributed by atoms with Crippen molar-refractivity contribution >= 4 is 14.4 Å². The van der Waals surface area contributed by atoms with E-state index in [2.05, 4.69) is 39.2 Å². The van der Waals surface area contributed by atoms with Gasteiger partial charge < -0.3 is 33.8 Å². The molecule has 0 bridgehead atoms. The Labute approximate surface area is 175 Å². The molecule has 2 saturated heterocycles. The molecule has 2 aliphatic rings. The molecule has 170 valence electrons. The number of hydrogen-bond donors (Lipinski definition) is 2. The molecule has 2 N–H and O–H groups in total. The van der Waals surface area contributed by atoms with Crippen molar-refractivity contribution in [2.45, 2.75) is 116 Å². The Morgan fingerprint density at radius 2 is 1.69 bits per heavy atom. The van der Waals surface area contributed by atoms with Gasteiger partial charge in [0.05, 0.1) is 12.6 Å². The second-order valence-electron chi connectivity index (χ2n) is 10.9. The molecule has 0 aromatic carbocycles. The van der Waals surface area contributed by atoms with Crippen molar-refractivity contribution < 1.29 is 33.3 Å². The summed E-state index contributed by atoms with van der Waals surface area (Å²) in [7, 11) is -2.08. The second-order valence-corrected chi connectivity index (χ2v) is 15.7. The fourth-order valence-corrected chi connectivity index (χ4v) is 4.15. The number of rotatable bonds is 5. The van der Waals surface area contributed by atoms with Gasteiger partial charge in [-0.1, -0.05) is 20.8 Å². The topological polar surface area (TPSA) is 95.5 Å². The molecule has 0 spiro atoms. The van der Waals surface area contributed by atoms with E-state index < -0.39 is 56.4 Å². The molecular formula is C20H39NO7Si. The van der Waals surface area contributed by atoms with Crippen LogP contribution >= 0.6 is 0 Å². The van der Waals surface area contributed by atoms with E-state index in [0.717, 1.165) is 0 Å². The summed E-state index contributed by atoms with van der Waals surface area (Å²) in [5.41, 5.74) is -0.636. The highest BCUT2D eigenvalue weighted by atomic mass is 28.4. The van der Waals surface area contributed by atoms with Crippen LogP contribution in [0.15, 0.2) is 0 Å². The van der Waals surface area contributed by atoms with E-state index in [1.54, 1.807) is 34.6 Å². The van der Waals surface area contributed by atoms with Crippen LogP contribution in [0.3, 0.4) is 0 Å². The SMILES string of the molecule is CC(C)(C)OC(=O)N[C@@H](CO[Si](C)(C)C(C)(C)C)[C@H]1OC(O)[C@H]2OC(C)(C)O[C@@H]12. The van der Waals surface area contributed by atoms with Crippen LogP contribution in [0.5, 0.6) is 0 Å². The number of aliphatic hydroxyl groups is 1. The molecule has 2 fully saturated rings. The second kappa shape index (κ2) is 8.09. The first kappa shape index (κ1) is 24.6. The summed E-state index contributed by atoms with van der Waals surface area (Å²) in [5.74, 6) is -0.838. The minimum atomic E-state index is -2.08. The summed E-state index contributed by atoms with van der Waals surface area (Å²) in [4.78, 5) is 12.5. The van der Waals surface area contributed by atoms with Gasteiger partial charge in [-0.2, -0.15) is 0 Å². The molecular weight excluding hydrogens is 394 g/mol. The van der Waals surface area contributed by atoms with Crippen LogP contribution in [0.1, 0.15) is 55.4 Å². The van der Waals surface area contributed by atoms with Gasteiger partial charge in [-0.25, -0.2) is 4.79 Å². The van der Waals surface area contributed by atoms with E-state index in [-0.39, 0.29) is 11.6 Å². The van der Waals surface area contributed by atoms with Crippen LogP contribution in [-0.2, 0) is 23.4 Å². The minimum absolute atomic E-state index is 0.0109. The summed E-state index contributed by atoms with van der Waals surface area (Å²) in [6.07, 6.45) is -3.48. The summed E-state index contributed by atoms with van der Waals surface area (Å²) >= 11 is 0. The van der Waals surface area contributed by atoms with Crippen LogP contribution < -0.4 is 5.32 Å². The molecule has 2 heterocycles. The van der Waals surface area contributed by atoms with Gasteiger partial charge in [0.25, 0.3) is 0 Å². The van der Waals surface area contributed by atoms with E-state index in [4.69, 9.17) is 23.4 Å². The van der Waals surface area contributed by atoms with Crippen molar-refractivity contribution in [1.29, 1.82) is 0 Å². The van der Waals surface area contributed by atoms with Gasteiger partial charge in [-0.05, 0) is 52.8 Å². The van der Waals surface area contributed by atoms with Gasteiger partial charge in [0.15, 0.2) is 20.4 Å². The van der Waals surface area contributed by atoms with Crippen LogP contribution in [0.25, 0.3) is 0 Å². The van der Waals surface area contributed by atoms with Crippen LogP contribution in [0, 0.1) is 0 Å². The maximum Gasteiger partial charge on any atom is 0.408 e. The molecule has 29 heavy (non-hydrogen) atoms. The molecule has 5 atom stereocenters. The Hall–Kier alpha value is -0.713. The highest BCUT2D eigenvalue weighted by Gasteiger charge is 2.57. The number of ether oxygens (including phenoxy) is 4. The van der Waals surface area contributed by atoms with E-state index >= 15 is 0 Å². The van der Waals surface area contributed by atoms with Crippen molar-refractivity contribution in [3.05, 3.63) is 0 Å².